The fourth-order valence-corrected chi connectivity index (χ4v) is 2.59. The molecule has 1 saturated heterocycles. The van der Waals surface area contributed by atoms with Crippen molar-refractivity contribution in [3.63, 3.8) is 0 Å². The van der Waals surface area contributed by atoms with Gasteiger partial charge in [-0.15, -0.1) is 0 Å². The van der Waals surface area contributed by atoms with Crippen molar-refractivity contribution in [3.8, 4) is 0 Å². The molecule has 1 aliphatic carbocycles. The largest absolute Gasteiger partial charge is 0.236 e. The second-order valence-electron chi connectivity index (χ2n) is 4.09. The van der Waals surface area contributed by atoms with Gasteiger partial charge in [0.2, 0.25) is 0 Å². The van der Waals surface area contributed by atoms with Crippen LogP contribution in [0.2, 0.25) is 0 Å². The lowest BCUT2D eigenvalue weighted by Gasteiger charge is -2.16. The van der Waals surface area contributed by atoms with Gasteiger partial charge in [0.15, 0.2) is 0 Å². The molecule has 0 amide bonds. The van der Waals surface area contributed by atoms with Crippen LogP contribution in [0.5, 0.6) is 0 Å². The first-order valence-corrected chi connectivity index (χ1v) is 5.31. The third-order valence-electron chi connectivity index (χ3n) is 3.31. The standard InChI is InChI=1S/C12H14O2/c1-2-4-10-9(3-1)5-6-11(10)12-7-8-13-14-12/h1-4,11-12H,5-8H2. The van der Waals surface area contributed by atoms with E-state index in [4.69, 9.17) is 9.78 Å². The third-order valence-corrected chi connectivity index (χ3v) is 3.31. The number of benzene rings is 1. The molecular weight excluding hydrogens is 176 g/mol. The van der Waals surface area contributed by atoms with E-state index < -0.39 is 0 Å². The van der Waals surface area contributed by atoms with Crippen LogP contribution in [-0.4, -0.2) is 12.7 Å². The summed E-state index contributed by atoms with van der Waals surface area (Å²) in [5, 5.41) is 0. The van der Waals surface area contributed by atoms with Crippen molar-refractivity contribution >= 4 is 0 Å². The maximum absolute atomic E-state index is 5.29. The first kappa shape index (κ1) is 8.45. The van der Waals surface area contributed by atoms with Crippen LogP contribution in [0.15, 0.2) is 24.3 Å². The molecule has 2 heteroatoms. The Hall–Kier alpha value is -0.860. The molecular formula is C12H14O2. The molecule has 1 aromatic rings. The van der Waals surface area contributed by atoms with Crippen molar-refractivity contribution < 1.29 is 9.78 Å². The number of rotatable bonds is 1. The molecule has 2 unspecified atom stereocenters. The minimum absolute atomic E-state index is 0.290. The summed E-state index contributed by atoms with van der Waals surface area (Å²) in [6.07, 6.45) is 3.74. The smallest absolute Gasteiger partial charge is 0.102 e. The second kappa shape index (κ2) is 3.37. The molecule has 2 aliphatic rings. The zero-order valence-electron chi connectivity index (χ0n) is 8.11. The van der Waals surface area contributed by atoms with Crippen molar-refractivity contribution in [2.45, 2.75) is 31.3 Å². The summed E-state index contributed by atoms with van der Waals surface area (Å²) in [5.74, 6) is 0.564. The summed E-state index contributed by atoms with van der Waals surface area (Å²) in [5.41, 5.74) is 2.97. The molecule has 1 aromatic carbocycles. The monoisotopic (exact) mass is 190 g/mol. The van der Waals surface area contributed by atoms with E-state index in [0.29, 0.717) is 12.0 Å². The lowest BCUT2D eigenvalue weighted by atomic mass is 9.94. The van der Waals surface area contributed by atoms with Crippen LogP contribution in [0.3, 0.4) is 0 Å². The fourth-order valence-electron chi connectivity index (χ4n) is 2.59. The Kier molecular flexibility index (Phi) is 2.03. The van der Waals surface area contributed by atoms with E-state index in [1.165, 1.54) is 24.0 Å². The molecule has 0 N–H and O–H groups in total. The third kappa shape index (κ3) is 1.26. The molecule has 0 aromatic heterocycles. The van der Waals surface area contributed by atoms with E-state index in [1.807, 2.05) is 0 Å². The highest BCUT2D eigenvalue weighted by Crippen LogP contribution is 2.38. The zero-order valence-corrected chi connectivity index (χ0v) is 8.11. The molecule has 2 atom stereocenters. The van der Waals surface area contributed by atoms with Gasteiger partial charge >= 0.3 is 0 Å². The van der Waals surface area contributed by atoms with Crippen LogP contribution >= 0.6 is 0 Å². The van der Waals surface area contributed by atoms with Crippen molar-refractivity contribution in [3.05, 3.63) is 35.4 Å². The Morgan fingerprint density at radius 2 is 2.07 bits per heavy atom. The van der Waals surface area contributed by atoms with E-state index in [0.717, 1.165) is 13.0 Å². The van der Waals surface area contributed by atoms with Gasteiger partial charge in [0.05, 0.1) is 6.61 Å². The molecule has 3 rings (SSSR count). The molecule has 74 valence electrons. The highest BCUT2D eigenvalue weighted by Gasteiger charge is 2.33. The summed E-state index contributed by atoms with van der Waals surface area (Å²) in [6, 6.07) is 8.69. The van der Waals surface area contributed by atoms with Crippen LogP contribution in [0.25, 0.3) is 0 Å². The van der Waals surface area contributed by atoms with Gasteiger partial charge in [0.1, 0.15) is 6.10 Å². The summed E-state index contributed by atoms with van der Waals surface area (Å²) >= 11 is 0. The first-order chi connectivity index (χ1) is 6.95. The van der Waals surface area contributed by atoms with Crippen LogP contribution in [0, 0.1) is 0 Å². The molecule has 14 heavy (non-hydrogen) atoms. The highest BCUT2D eigenvalue weighted by atomic mass is 17.2. The van der Waals surface area contributed by atoms with E-state index in [-0.39, 0.29) is 0 Å². The second-order valence-corrected chi connectivity index (χ2v) is 4.09. The molecule has 1 heterocycles. The first-order valence-electron chi connectivity index (χ1n) is 5.31. The van der Waals surface area contributed by atoms with E-state index in [2.05, 4.69) is 24.3 Å². The summed E-state index contributed by atoms with van der Waals surface area (Å²) in [4.78, 5) is 10.3. The lowest BCUT2D eigenvalue weighted by Crippen LogP contribution is -2.14. The Bertz CT molecular complexity index is 329. The van der Waals surface area contributed by atoms with E-state index >= 15 is 0 Å². The molecule has 1 aliphatic heterocycles. The number of hydrogen-bond acceptors (Lipinski definition) is 2. The average Bonchev–Trinajstić information content (AvgIpc) is 2.85. The van der Waals surface area contributed by atoms with Gasteiger partial charge in [0, 0.05) is 12.3 Å². The highest BCUT2D eigenvalue weighted by molar-refractivity contribution is 5.35. The summed E-state index contributed by atoms with van der Waals surface area (Å²) in [7, 11) is 0. The average molecular weight is 190 g/mol. The predicted octanol–water partition coefficient (Wildman–Crippen LogP) is 2.44. The number of hydrogen-bond donors (Lipinski definition) is 0. The molecule has 0 bridgehead atoms. The minimum atomic E-state index is 0.290. The van der Waals surface area contributed by atoms with Gasteiger partial charge in [-0.05, 0) is 24.0 Å². The van der Waals surface area contributed by atoms with E-state index in [9.17, 15) is 0 Å². The fraction of sp³-hybridized carbons (Fsp3) is 0.500. The van der Waals surface area contributed by atoms with E-state index in [1.54, 1.807) is 0 Å². The Morgan fingerprint density at radius 1 is 1.14 bits per heavy atom. The van der Waals surface area contributed by atoms with Crippen molar-refractivity contribution in [1.29, 1.82) is 0 Å². The quantitative estimate of drug-likeness (QED) is 0.633. The van der Waals surface area contributed by atoms with Crippen molar-refractivity contribution in [2.75, 3.05) is 6.61 Å². The van der Waals surface area contributed by atoms with Crippen molar-refractivity contribution in [2.24, 2.45) is 0 Å². The van der Waals surface area contributed by atoms with Crippen LogP contribution in [-0.2, 0) is 16.2 Å². The van der Waals surface area contributed by atoms with Gasteiger partial charge in [-0.2, -0.15) is 0 Å². The van der Waals surface area contributed by atoms with Crippen LogP contribution < -0.4 is 0 Å². The van der Waals surface area contributed by atoms with Gasteiger partial charge in [-0.1, -0.05) is 24.3 Å². The molecule has 0 saturated carbocycles. The zero-order chi connectivity index (χ0) is 9.38. The summed E-state index contributed by atoms with van der Waals surface area (Å²) in [6.45, 7) is 0.753. The number of aryl methyl sites for hydroxylation is 1. The van der Waals surface area contributed by atoms with Gasteiger partial charge in [0.25, 0.3) is 0 Å². The maximum atomic E-state index is 5.29. The van der Waals surface area contributed by atoms with Crippen LogP contribution in [0.4, 0.5) is 0 Å². The topological polar surface area (TPSA) is 18.5 Å². The van der Waals surface area contributed by atoms with Gasteiger partial charge in [-0.25, -0.2) is 9.78 Å². The van der Waals surface area contributed by atoms with Crippen molar-refractivity contribution in [1.82, 2.24) is 0 Å². The van der Waals surface area contributed by atoms with Crippen LogP contribution in [0.1, 0.15) is 29.9 Å². The lowest BCUT2D eigenvalue weighted by molar-refractivity contribution is -0.278. The number of fused-ring (bicyclic) bond motifs is 1. The SMILES string of the molecule is c1ccc2c(c1)CCC2C1CCOO1. The summed E-state index contributed by atoms with van der Waals surface area (Å²) < 4.78 is 0. The van der Waals surface area contributed by atoms with Gasteiger partial charge < -0.3 is 0 Å². The molecule has 0 spiro atoms. The molecule has 0 radical (unpaired) electrons. The molecule has 2 nitrogen and oxygen atoms in total. The Balaban J connectivity index is 1.89. The molecule has 1 fully saturated rings. The minimum Gasteiger partial charge on any atom is -0.236 e. The maximum Gasteiger partial charge on any atom is 0.102 e. The normalized spacial score (nSPS) is 30.6. The Labute approximate surface area is 83.8 Å². The predicted molar refractivity (Wildman–Crippen MR) is 52.9 cm³/mol. The van der Waals surface area contributed by atoms with Gasteiger partial charge in [-0.3, -0.25) is 0 Å². The Morgan fingerprint density at radius 3 is 2.93 bits per heavy atom.